The van der Waals surface area contributed by atoms with Gasteiger partial charge in [0.2, 0.25) is 6.79 Å². The van der Waals surface area contributed by atoms with E-state index in [4.69, 9.17) is 14.2 Å². The van der Waals surface area contributed by atoms with Crippen molar-refractivity contribution in [1.29, 1.82) is 0 Å². The van der Waals surface area contributed by atoms with Gasteiger partial charge < -0.3 is 19.5 Å². The quantitative estimate of drug-likeness (QED) is 0.855. The summed E-state index contributed by atoms with van der Waals surface area (Å²) in [4.78, 5) is 23.6. The molecule has 2 aromatic rings. The standard InChI is InChI=1S/C17H15NO5/c1-18-17(20)11-2-5-13(6-3-11)21-9-14(19)12-4-7-15-16(8-12)23-10-22-15/h2-8H,9-10H2,1H3,(H,18,20). The Kier molecular flexibility index (Phi) is 4.14. The van der Waals surface area contributed by atoms with Gasteiger partial charge in [0.25, 0.3) is 5.91 Å². The number of benzene rings is 2. The number of carbonyl (C=O) groups excluding carboxylic acids is 2. The number of rotatable bonds is 5. The molecule has 0 unspecified atom stereocenters. The number of hydrogen-bond donors (Lipinski definition) is 1. The molecule has 0 fully saturated rings. The first kappa shape index (κ1) is 14.9. The van der Waals surface area contributed by atoms with Gasteiger partial charge in [0.1, 0.15) is 5.75 Å². The molecule has 1 heterocycles. The summed E-state index contributed by atoms with van der Waals surface area (Å²) in [6, 6.07) is 11.6. The Labute approximate surface area is 133 Å². The number of carbonyl (C=O) groups is 2. The Morgan fingerprint density at radius 3 is 2.48 bits per heavy atom. The van der Waals surface area contributed by atoms with Crippen LogP contribution in [-0.4, -0.2) is 32.1 Å². The Bertz CT molecular complexity index is 739. The summed E-state index contributed by atoms with van der Waals surface area (Å²) in [7, 11) is 1.57. The van der Waals surface area contributed by atoms with Gasteiger partial charge in [-0.15, -0.1) is 0 Å². The summed E-state index contributed by atoms with van der Waals surface area (Å²) < 4.78 is 15.9. The number of amides is 1. The van der Waals surface area contributed by atoms with Crippen LogP contribution in [0.3, 0.4) is 0 Å². The second kappa shape index (κ2) is 6.39. The predicted molar refractivity (Wildman–Crippen MR) is 82.2 cm³/mol. The van der Waals surface area contributed by atoms with Crippen molar-refractivity contribution in [1.82, 2.24) is 5.32 Å². The van der Waals surface area contributed by atoms with Crippen LogP contribution in [0, 0.1) is 0 Å². The lowest BCUT2D eigenvalue weighted by Gasteiger charge is -2.07. The minimum atomic E-state index is -0.173. The largest absolute Gasteiger partial charge is 0.485 e. The van der Waals surface area contributed by atoms with E-state index in [-0.39, 0.29) is 25.1 Å². The van der Waals surface area contributed by atoms with E-state index in [1.165, 1.54) is 0 Å². The van der Waals surface area contributed by atoms with Crippen LogP contribution in [0.5, 0.6) is 17.2 Å². The molecule has 118 valence electrons. The maximum atomic E-state index is 12.2. The van der Waals surface area contributed by atoms with E-state index >= 15 is 0 Å². The number of Topliss-reactive ketones (excluding diaryl/α,β-unsaturated/α-hetero) is 1. The van der Waals surface area contributed by atoms with Gasteiger partial charge in [0, 0.05) is 18.2 Å². The number of ether oxygens (including phenoxy) is 3. The normalized spacial score (nSPS) is 11.9. The number of ketones is 1. The van der Waals surface area contributed by atoms with Crippen LogP contribution in [-0.2, 0) is 0 Å². The molecule has 1 N–H and O–H groups in total. The third-order valence-corrected chi connectivity index (χ3v) is 3.41. The molecule has 0 saturated heterocycles. The molecule has 23 heavy (non-hydrogen) atoms. The van der Waals surface area contributed by atoms with Crippen molar-refractivity contribution in [3.05, 3.63) is 53.6 Å². The third kappa shape index (κ3) is 3.26. The van der Waals surface area contributed by atoms with Gasteiger partial charge in [0.15, 0.2) is 23.9 Å². The van der Waals surface area contributed by atoms with Crippen molar-refractivity contribution < 1.29 is 23.8 Å². The summed E-state index contributed by atoms with van der Waals surface area (Å²) >= 11 is 0. The zero-order valence-electron chi connectivity index (χ0n) is 12.5. The van der Waals surface area contributed by atoms with Crippen LogP contribution in [0.1, 0.15) is 20.7 Å². The molecule has 6 heteroatoms. The van der Waals surface area contributed by atoms with Gasteiger partial charge in [-0.3, -0.25) is 9.59 Å². The molecule has 1 aliphatic heterocycles. The molecule has 1 aliphatic rings. The van der Waals surface area contributed by atoms with Crippen LogP contribution < -0.4 is 19.5 Å². The minimum Gasteiger partial charge on any atom is -0.485 e. The summed E-state index contributed by atoms with van der Waals surface area (Å²) in [5.41, 5.74) is 1.03. The van der Waals surface area contributed by atoms with Crippen molar-refractivity contribution in [2.75, 3.05) is 20.4 Å². The van der Waals surface area contributed by atoms with E-state index in [0.29, 0.717) is 28.4 Å². The maximum Gasteiger partial charge on any atom is 0.251 e. The van der Waals surface area contributed by atoms with E-state index in [9.17, 15) is 9.59 Å². The van der Waals surface area contributed by atoms with E-state index in [1.54, 1.807) is 49.5 Å². The molecule has 1 amide bonds. The Morgan fingerprint density at radius 1 is 1.04 bits per heavy atom. The summed E-state index contributed by atoms with van der Waals surface area (Å²) in [5.74, 6) is 1.37. The smallest absolute Gasteiger partial charge is 0.251 e. The molecule has 0 atom stereocenters. The van der Waals surface area contributed by atoms with E-state index in [1.807, 2.05) is 0 Å². The molecule has 0 aliphatic carbocycles. The zero-order valence-corrected chi connectivity index (χ0v) is 12.5. The van der Waals surface area contributed by atoms with Crippen molar-refractivity contribution >= 4 is 11.7 Å². The number of nitrogens with one attached hydrogen (secondary N) is 1. The van der Waals surface area contributed by atoms with Gasteiger partial charge in [-0.2, -0.15) is 0 Å². The Morgan fingerprint density at radius 2 is 1.74 bits per heavy atom. The Balaban J connectivity index is 1.61. The topological polar surface area (TPSA) is 73.9 Å². The molecule has 3 rings (SSSR count). The van der Waals surface area contributed by atoms with Crippen LogP contribution in [0.15, 0.2) is 42.5 Å². The summed E-state index contributed by atoms with van der Waals surface area (Å²) in [6.45, 7) is 0.0696. The molecule has 6 nitrogen and oxygen atoms in total. The van der Waals surface area contributed by atoms with Gasteiger partial charge in [-0.25, -0.2) is 0 Å². The fourth-order valence-corrected chi connectivity index (χ4v) is 2.15. The van der Waals surface area contributed by atoms with Crippen LogP contribution in [0.25, 0.3) is 0 Å². The molecule has 0 aromatic heterocycles. The lowest BCUT2D eigenvalue weighted by Crippen LogP contribution is -2.17. The number of fused-ring (bicyclic) bond motifs is 1. The van der Waals surface area contributed by atoms with Crippen molar-refractivity contribution in [2.24, 2.45) is 0 Å². The highest BCUT2D eigenvalue weighted by Crippen LogP contribution is 2.32. The van der Waals surface area contributed by atoms with E-state index in [2.05, 4.69) is 5.32 Å². The van der Waals surface area contributed by atoms with Crippen molar-refractivity contribution in [3.63, 3.8) is 0 Å². The lowest BCUT2D eigenvalue weighted by atomic mass is 10.1. The average molecular weight is 313 g/mol. The minimum absolute atomic E-state index is 0.0982. The van der Waals surface area contributed by atoms with E-state index < -0.39 is 0 Å². The van der Waals surface area contributed by atoms with Crippen LogP contribution >= 0.6 is 0 Å². The molecular weight excluding hydrogens is 298 g/mol. The van der Waals surface area contributed by atoms with Gasteiger partial charge in [0.05, 0.1) is 0 Å². The monoisotopic (exact) mass is 313 g/mol. The fourth-order valence-electron chi connectivity index (χ4n) is 2.15. The zero-order chi connectivity index (χ0) is 16.2. The van der Waals surface area contributed by atoms with E-state index in [0.717, 1.165) is 0 Å². The molecule has 0 radical (unpaired) electrons. The highest BCUT2D eigenvalue weighted by Gasteiger charge is 2.16. The first-order chi connectivity index (χ1) is 11.2. The highest BCUT2D eigenvalue weighted by molar-refractivity contribution is 5.98. The lowest BCUT2D eigenvalue weighted by molar-refractivity contribution is 0.0918. The van der Waals surface area contributed by atoms with Gasteiger partial charge >= 0.3 is 0 Å². The maximum absolute atomic E-state index is 12.2. The second-order valence-electron chi connectivity index (χ2n) is 4.88. The first-order valence-corrected chi connectivity index (χ1v) is 7.05. The number of hydrogen-bond acceptors (Lipinski definition) is 5. The highest BCUT2D eigenvalue weighted by atomic mass is 16.7. The molecule has 0 spiro atoms. The molecular formula is C17H15NO5. The van der Waals surface area contributed by atoms with Gasteiger partial charge in [-0.1, -0.05) is 0 Å². The molecule has 0 saturated carbocycles. The SMILES string of the molecule is CNC(=O)c1ccc(OCC(=O)c2ccc3c(c2)OCO3)cc1. The first-order valence-electron chi connectivity index (χ1n) is 7.05. The fraction of sp³-hybridized carbons (Fsp3) is 0.176. The van der Waals surface area contributed by atoms with Crippen molar-refractivity contribution in [3.8, 4) is 17.2 Å². The second-order valence-corrected chi connectivity index (χ2v) is 4.88. The third-order valence-electron chi connectivity index (χ3n) is 3.41. The van der Waals surface area contributed by atoms with Crippen LogP contribution in [0.4, 0.5) is 0 Å². The molecule has 0 bridgehead atoms. The summed E-state index contributed by atoms with van der Waals surface area (Å²) in [5, 5.41) is 2.54. The average Bonchev–Trinajstić information content (AvgIpc) is 3.07. The summed E-state index contributed by atoms with van der Waals surface area (Å²) in [6.07, 6.45) is 0. The predicted octanol–water partition coefficient (Wildman–Crippen LogP) is 2.04. The van der Waals surface area contributed by atoms with Crippen LogP contribution in [0.2, 0.25) is 0 Å². The Hall–Kier alpha value is -3.02. The van der Waals surface area contributed by atoms with Crippen molar-refractivity contribution in [2.45, 2.75) is 0 Å². The van der Waals surface area contributed by atoms with Gasteiger partial charge in [-0.05, 0) is 42.5 Å². The molecule has 2 aromatic carbocycles.